The molecule has 1 amide bonds. The van der Waals surface area contributed by atoms with Crippen LogP contribution in [0.15, 0.2) is 60.7 Å². The molecule has 0 spiro atoms. The van der Waals surface area contributed by atoms with Crippen molar-refractivity contribution in [3.8, 4) is 11.1 Å². The molecule has 2 atom stereocenters. The molecule has 2 aliphatic heterocycles. The molecular weight excluding hydrogens is 322 g/mol. The van der Waals surface area contributed by atoms with E-state index in [-0.39, 0.29) is 24.1 Å². The van der Waals surface area contributed by atoms with Gasteiger partial charge < -0.3 is 9.64 Å². The molecule has 5 rings (SSSR count). The van der Waals surface area contributed by atoms with Crippen LogP contribution in [0, 0.1) is 0 Å². The Morgan fingerprint density at radius 1 is 0.962 bits per heavy atom. The van der Waals surface area contributed by atoms with Crippen LogP contribution in [0.1, 0.15) is 42.7 Å². The molecule has 0 radical (unpaired) electrons. The number of benzene rings is 2. The average molecular weight is 345 g/mol. The summed E-state index contributed by atoms with van der Waals surface area (Å²) < 4.78 is 5.85. The maximum atomic E-state index is 12.8. The Morgan fingerprint density at radius 3 is 2.08 bits per heavy atom. The van der Waals surface area contributed by atoms with E-state index >= 15 is 0 Å². The standard InChI is InChI=1S/C23H23NO2/c1-15-12-16-10-11-17(13-15)24(16)23(25)26-14-22-20-8-4-2-6-18(20)19-7-3-5-9-21(19)22/h2-9,16-17,22H,1,10-14H2. The van der Waals surface area contributed by atoms with Gasteiger partial charge in [-0.2, -0.15) is 0 Å². The van der Waals surface area contributed by atoms with Gasteiger partial charge in [0.15, 0.2) is 0 Å². The molecule has 2 fully saturated rings. The molecule has 2 saturated heterocycles. The number of piperidine rings is 1. The molecule has 0 N–H and O–H groups in total. The minimum absolute atomic E-state index is 0.128. The molecule has 3 heteroatoms. The van der Waals surface area contributed by atoms with E-state index in [9.17, 15) is 4.79 Å². The first-order valence-corrected chi connectivity index (χ1v) is 9.52. The molecule has 2 heterocycles. The van der Waals surface area contributed by atoms with Gasteiger partial charge in [-0.25, -0.2) is 4.79 Å². The van der Waals surface area contributed by atoms with Crippen molar-refractivity contribution in [3.05, 3.63) is 71.8 Å². The quantitative estimate of drug-likeness (QED) is 0.707. The summed E-state index contributed by atoms with van der Waals surface area (Å²) in [5.41, 5.74) is 6.32. The molecule has 1 aliphatic carbocycles. The Hall–Kier alpha value is -2.55. The van der Waals surface area contributed by atoms with Gasteiger partial charge in [-0.3, -0.25) is 0 Å². The summed E-state index contributed by atoms with van der Waals surface area (Å²) >= 11 is 0. The Labute approximate surface area is 154 Å². The average Bonchev–Trinajstić information content (AvgIpc) is 3.12. The minimum Gasteiger partial charge on any atom is -0.448 e. The molecule has 2 aromatic carbocycles. The summed E-state index contributed by atoms with van der Waals surface area (Å²) in [5, 5.41) is 0. The summed E-state index contributed by atoms with van der Waals surface area (Å²) in [5.74, 6) is 0.128. The predicted octanol–water partition coefficient (Wildman–Crippen LogP) is 5.12. The molecule has 2 aromatic rings. The Balaban J connectivity index is 1.36. The van der Waals surface area contributed by atoms with Crippen LogP contribution < -0.4 is 0 Å². The first-order valence-electron chi connectivity index (χ1n) is 9.52. The van der Waals surface area contributed by atoms with Crippen molar-refractivity contribution in [2.24, 2.45) is 0 Å². The van der Waals surface area contributed by atoms with Gasteiger partial charge in [0.25, 0.3) is 0 Å². The van der Waals surface area contributed by atoms with Crippen molar-refractivity contribution in [3.63, 3.8) is 0 Å². The second kappa shape index (κ2) is 6.01. The smallest absolute Gasteiger partial charge is 0.410 e. The lowest BCUT2D eigenvalue weighted by Gasteiger charge is -2.35. The molecule has 2 bridgehead atoms. The third kappa shape index (κ3) is 2.38. The number of carbonyl (C=O) groups excluding carboxylic acids is 1. The van der Waals surface area contributed by atoms with Crippen LogP contribution >= 0.6 is 0 Å². The van der Waals surface area contributed by atoms with E-state index in [1.807, 2.05) is 4.90 Å². The van der Waals surface area contributed by atoms with Crippen LogP contribution in [-0.2, 0) is 4.74 Å². The van der Waals surface area contributed by atoms with Crippen molar-refractivity contribution in [1.82, 2.24) is 4.90 Å². The van der Waals surface area contributed by atoms with Gasteiger partial charge in [-0.15, -0.1) is 0 Å². The first kappa shape index (κ1) is 15.7. The monoisotopic (exact) mass is 345 g/mol. The third-order valence-electron chi connectivity index (χ3n) is 6.22. The van der Waals surface area contributed by atoms with Gasteiger partial charge in [0.2, 0.25) is 0 Å². The zero-order valence-corrected chi connectivity index (χ0v) is 14.9. The van der Waals surface area contributed by atoms with Crippen LogP contribution in [0.5, 0.6) is 0 Å². The number of fused-ring (bicyclic) bond motifs is 5. The van der Waals surface area contributed by atoms with Crippen LogP contribution in [0.4, 0.5) is 4.79 Å². The molecule has 3 nitrogen and oxygen atoms in total. The Bertz CT molecular complexity index is 826. The lowest BCUT2D eigenvalue weighted by molar-refractivity contribution is 0.0755. The van der Waals surface area contributed by atoms with Crippen LogP contribution in [-0.4, -0.2) is 29.7 Å². The summed E-state index contributed by atoms with van der Waals surface area (Å²) in [6, 6.07) is 17.5. The fourth-order valence-corrected chi connectivity index (χ4v) is 5.08. The van der Waals surface area contributed by atoms with Crippen LogP contribution in [0.25, 0.3) is 11.1 Å². The minimum atomic E-state index is -0.146. The van der Waals surface area contributed by atoms with Crippen LogP contribution in [0.2, 0.25) is 0 Å². The van der Waals surface area contributed by atoms with E-state index in [0.717, 1.165) is 25.7 Å². The first-order chi connectivity index (χ1) is 12.7. The van der Waals surface area contributed by atoms with Crippen molar-refractivity contribution in [2.75, 3.05) is 6.61 Å². The van der Waals surface area contributed by atoms with E-state index in [4.69, 9.17) is 4.74 Å². The predicted molar refractivity (Wildman–Crippen MR) is 102 cm³/mol. The third-order valence-corrected chi connectivity index (χ3v) is 6.22. The Morgan fingerprint density at radius 2 is 1.50 bits per heavy atom. The van der Waals surface area contributed by atoms with E-state index in [0.29, 0.717) is 6.61 Å². The largest absolute Gasteiger partial charge is 0.448 e. The van der Waals surface area contributed by atoms with Crippen LogP contribution in [0.3, 0.4) is 0 Å². The zero-order chi connectivity index (χ0) is 17.7. The summed E-state index contributed by atoms with van der Waals surface area (Å²) in [4.78, 5) is 14.8. The highest BCUT2D eigenvalue weighted by Crippen LogP contribution is 2.45. The second-order valence-corrected chi connectivity index (χ2v) is 7.75. The van der Waals surface area contributed by atoms with Gasteiger partial charge in [0.05, 0.1) is 0 Å². The number of nitrogens with zero attached hydrogens (tertiary/aromatic N) is 1. The number of ether oxygens (including phenoxy) is 1. The summed E-state index contributed by atoms with van der Waals surface area (Å²) in [6.45, 7) is 4.54. The van der Waals surface area contributed by atoms with Gasteiger partial charge in [0.1, 0.15) is 6.61 Å². The molecule has 3 aliphatic rings. The molecular formula is C23H23NO2. The number of hydrogen-bond donors (Lipinski definition) is 0. The van der Waals surface area contributed by atoms with Gasteiger partial charge in [-0.05, 0) is 47.9 Å². The Kier molecular flexibility index (Phi) is 3.63. The molecule has 26 heavy (non-hydrogen) atoms. The lowest BCUT2D eigenvalue weighted by Crippen LogP contribution is -2.45. The molecule has 0 aromatic heterocycles. The maximum absolute atomic E-state index is 12.8. The lowest BCUT2D eigenvalue weighted by atomic mass is 9.98. The fraction of sp³-hybridized carbons (Fsp3) is 0.348. The highest BCUT2D eigenvalue weighted by atomic mass is 16.6. The highest BCUT2D eigenvalue weighted by molar-refractivity contribution is 5.79. The summed E-state index contributed by atoms with van der Waals surface area (Å²) in [7, 11) is 0. The molecule has 2 unspecified atom stereocenters. The van der Waals surface area contributed by atoms with Gasteiger partial charge in [0, 0.05) is 18.0 Å². The number of carbonyl (C=O) groups is 1. The molecule has 132 valence electrons. The van der Waals surface area contributed by atoms with E-state index in [2.05, 4.69) is 55.1 Å². The van der Waals surface area contributed by atoms with Crippen molar-refractivity contribution < 1.29 is 9.53 Å². The van der Waals surface area contributed by atoms with E-state index < -0.39 is 0 Å². The van der Waals surface area contributed by atoms with E-state index in [1.54, 1.807) is 0 Å². The van der Waals surface area contributed by atoms with Gasteiger partial charge >= 0.3 is 6.09 Å². The van der Waals surface area contributed by atoms with E-state index in [1.165, 1.54) is 27.8 Å². The normalized spacial score (nSPS) is 23.7. The molecule has 0 saturated carbocycles. The van der Waals surface area contributed by atoms with Crippen molar-refractivity contribution >= 4 is 6.09 Å². The topological polar surface area (TPSA) is 29.5 Å². The van der Waals surface area contributed by atoms with Crippen molar-refractivity contribution in [2.45, 2.75) is 43.7 Å². The number of amides is 1. The van der Waals surface area contributed by atoms with Gasteiger partial charge in [-0.1, -0.05) is 60.7 Å². The SMILES string of the molecule is C=C1CC2CCC(C1)N2C(=O)OCC1c2ccccc2-c2ccccc21. The highest BCUT2D eigenvalue weighted by Gasteiger charge is 2.42. The maximum Gasteiger partial charge on any atom is 0.410 e. The van der Waals surface area contributed by atoms with Crippen molar-refractivity contribution in [1.29, 1.82) is 0 Å². The number of rotatable bonds is 2. The fourth-order valence-electron chi connectivity index (χ4n) is 5.08. The zero-order valence-electron chi connectivity index (χ0n) is 14.9. The summed E-state index contributed by atoms with van der Waals surface area (Å²) in [6.07, 6.45) is 3.87. The number of hydrogen-bond acceptors (Lipinski definition) is 2. The second-order valence-electron chi connectivity index (χ2n) is 7.75.